The van der Waals surface area contributed by atoms with Crippen molar-refractivity contribution in [2.45, 2.75) is 38.8 Å². The van der Waals surface area contributed by atoms with Crippen molar-refractivity contribution in [2.75, 3.05) is 45.0 Å². The number of fused-ring (bicyclic) bond motifs is 1. The summed E-state index contributed by atoms with van der Waals surface area (Å²) < 4.78 is 12.7. The lowest BCUT2D eigenvalue weighted by Gasteiger charge is -2.39. The van der Waals surface area contributed by atoms with Gasteiger partial charge in [0.05, 0.1) is 38.2 Å². The minimum Gasteiger partial charge on any atom is -0.396 e. The second-order valence-electron chi connectivity index (χ2n) is 8.15. The first-order chi connectivity index (χ1) is 13.2. The Labute approximate surface area is 159 Å². The van der Waals surface area contributed by atoms with Crippen molar-refractivity contribution in [3.63, 3.8) is 0 Å². The van der Waals surface area contributed by atoms with Crippen molar-refractivity contribution in [1.82, 2.24) is 19.5 Å². The van der Waals surface area contributed by atoms with E-state index in [2.05, 4.69) is 26.8 Å². The van der Waals surface area contributed by atoms with Crippen molar-refractivity contribution < 1.29 is 14.6 Å². The molecular formula is C19H29N5O3. The highest BCUT2D eigenvalue weighted by Crippen LogP contribution is 2.34. The van der Waals surface area contributed by atoms with Crippen molar-refractivity contribution in [1.29, 1.82) is 0 Å². The lowest BCUT2D eigenvalue weighted by Crippen LogP contribution is -2.48. The molecule has 1 aliphatic heterocycles. The molecule has 0 spiro atoms. The van der Waals surface area contributed by atoms with Crippen LogP contribution in [0.1, 0.15) is 26.2 Å². The molecule has 0 aromatic carbocycles. The van der Waals surface area contributed by atoms with Gasteiger partial charge in [-0.2, -0.15) is 0 Å². The number of nitrogens with zero attached hydrogens (tertiary/aromatic N) is 5. The summed E-state index contributed by atoms with van der Waals surface area (Å²) >= 11 is 0. The van der Waals surface area contributed by atoms with Gasteiger partial charge in [-0.1, -0.05) is 6.92 Å². The van der Waals surface area contributed by atoms with E-state index in [1.165, 1.54) is 19.3 Å². The van der Waals surface area contributed by atoms with Crippen LogP contribution in [0.15, 0.2) is 12.7 Å². The fraction of sp³-hybridized carbons (Fsp3) is 0.737. The molecule has 2 aromatic heterocycles. The van der Waals surface area contributed by atoms with Gasteiger partial charge in [-0.05, 0) is 25.2 Å². The van der Waals surface area contributed by atoms with Gasteiger partial charge < -0.3 is 24.0 Å². The highest BCUT2D eigenvalue weighted by Gasteiger charge is 2.39. The van der Waals surface area contributed by atoms with Gasteiger partial charge in [-0.3, -0.25) is 0 Å². The Morgan fingerprint density at radius 3 is 2.81 bits per heavy atom. The molecule has 2 aliphatic rings. The van der Waals surface area contributed by atoms with Gasteiger partial charge in [0.15, 0.2) is 17.0 Å². The molecular weight excluding hydrogens is 346 g/mol. The molecule has 1 N–H and O–H groups in total. The molecule has 2 unspecified atom stereocenters. The largest absolute Gasteiger partial charge is 0.396 e. The minimum absolute atomic E-state index is 0.102. The first-order valence-electron chi connectivity index (χ1n) is 9.76. The lowest BCUT2D eigenvalue weighted by molar-refractivity contribution is -0.144. The molecule has 0 radical (unpaired) electrons. The van der Waals surface area contributed by atoms with E-state index >= 15 is 0 Å². The van der Waals surface area contributed by atoms with Crippen molar-refractivity contribution in [3.8, 4) is 0 Å². The van der Waals surface area contributed by atoms with Crippen LogP contribution in [0, 0.1) is 11.3 Å². The molecule has 8 nitrogen and oxygen atoms in total. The number of ether oxygens (including phenoxy) is 2. The standard InChI is InChI=1S/C19H29N5O3/c1-14-3-4-15(7-14)24(5-6-26-2)18-16-17(20-12-21-18)23(13-22-16)8-19(9-25)10-27-11-19/h12-15,25H,3-11H2,1-2H3. The first-order valence-corrected chi connectivity index (χ1v) is 9.76. The molecule has 2 fully saturated rings. The van der Waals surface area contributed by atoms with E-state index in [0.717, 1.165) is 29.4 Å². The molecule has 2 atom stereocenters. The van der Waals surface area contributed by atoms with E-state index < -0.39 is 0 Å². The number of hydrogen-bond acceptors (Lipinski definition) is 7. The monoisotopic (exact) mass is 375 g/mol. The van der Waals surface area contributed by atoms with Crippen LogP contribution < -0.4 is 4.90 Å². The summed E-state index contributed by atoms with van der Waals surface area (Å²) in [5.41, 5.74) is 1.41. The number of rotatable bonds is 8. The molecule has 0 amide bonds. The van der Waals surface area contributed by atoms with E-state index in [1.807, 2.05) is 10.9 Å². The third-order valence-electron chi connectivity index (χ3n) is 5.96. The minimum atomic E-state index is -0.227. The first kappa shape index (κ1) is 18.6. The van der Waals surface area contributed by atoms with Crippen molar-refractivity contribution >= 4 is 17.0 Å². The predicted octanol–water partition coefficient (Wildman–Crippen LogP) is 1.48. The van der Waals surface area contributed by atoms with Gasteiger partial charge >= 0.3 is 0 Å². The molecule has 8 heteroatoms. The maximum Gasteiger partial charge on any atom is 0.165 e. The molecule has 0 bridgehead atoms. The Morgan fingerprint density at radius 2 is 2.19 bits per heavy atom. The third-order valence-corrected chi connectivity index (χ3v) is 5.96. The number of aromatic nitrogens is 4. The maximum absolute atomic E-state index is 9.75. The molecule has 27 heavy (non-hydrogen) atoms. The fourth-order valence-electron chi connectivity index (χ4n) is 4.29. The maximum atomic E-state index is 9.75. The van der Waals surface area contributed by atoms with Gasteiger partial charge in [0.1, 0.15) is 6.33 Å². The average molecular weight is 375 g/mol. The normalized spacial score (nSPS) is 24.3. The zero-order valence-electron chi connectivity index (χ0n) is 16.2. The number of anilines is 1. The van der Waals surface area contributed by atoms with Crippen LogP contribution in [0.25, 0.3) is 11.2 Å². The lowest BCUT2D eigenvalue weighted by atomic mass is 9.87. The Bertz CT molecular complexity index is 770. The summed E-state index contributed by atoms with van der Waals surface area (Å²) in [6, 6.07) is 0.460. The molecule has 3 heterocycles. The summed E-state index contributed by atoms with van der Waals surface area (Å²) in [6.45, 7) is 5.65. The molecule has 1 saturated carbocycles. The molecule has 2 aromatic rings. The summed E-state index contributed by atoms with van der Waals surface area (Å²) in [7, 11) is 1.73. The number of methoxy groups -OCH3 is 1. The fourth-order valence-corrected chi connectivity index (χ4v) is 4.29. The van der Waals surface area contributed by atoms with E-state index in [1.54, 1.807) is 13.4 Å². The van der Waals surface area contributed by atoms with E-state index in [9.17, 15) is 5.11 Å². The van der Waals surface area contributed by atoms with Crippen molar-refractivity contribution in [2.24, 2.45) is 11.3 Å². The van der Waals surface area contributed by atoms with Crippen LogP contribution in [0.5, 0.6) is 0 Å². The predicted molar refractivity (Wildman–Crippen MR) is 102 cm³/mol. The van der Waals surface area contributed by atoms with Gasteiger partial charge in [-0.25, -0.2) is 15.0 Å². The third kappa shape index (κ3) is 3.53. The van der Waals surface area contributed by atoms with Crippen molar-refractivity contribution in [3.05, 3.63) is 12.7 Å². The smallest absolute Gasteiger partial charge is 0.165 e. The summed E-state index contributed by atoms with van der Waals surface area (Å²) in [5, 5.41) is 9.75. The van der Waals surface area contributed by atoms with Crippen LogP contribution in [0.4, 0.5) is 5.82 Å². The SMILES string of the molecule is COCCN(c1ncnc2c1ncn2CC1(CO)COC1)C1CCC(C)C1. The van der Waals surface area contributed by atoms with Gasteiger partial charge in [0.25, 0.3) is 0 Å². The average Bonchev–Trinajstić information content (AvgIpc) is 3.25. The van der Waals surface area contributed by atoms with Gasteiger partial charge in [-0.15, -0.1) is 0 Å². The zero-order chi connectivity index (χ0) is 18.9. The Balaban J connectivity index is 1.66. The Kier molecular flexibility index (Phi) is 5.29. The number of aliphatic hydroxyl groups is 1. The molecule has 1 aliphatic carbocycles. The van der Waals surface area contributed by atoms with Crippen LogP contribution in [-0.2, 0) is 16.0 Å². The quantitative estimate of drug-likeness (QED) is 0.748. The molecule has 148 valence electrons. The van der Waals surface area contributed by atoms with E-state index in [4.69, 9.17) is 9.47 Å². The van der Waals surface area contributed by atoms with Gasteiger partial charge in [0.2, 0.25) is 0 Å². The Morgan fingerprint density at radius 1 is 1.33 bits per heavy atom. The number of hydrogen-bond donors (Lipinski definition) is 1. The second kappa shape index (κ2) is 7.69. The highest BCUT2D eigenvalue weighted by atomic mass is 16.5. The summed E-state index contributed by atoms with van der Waals surface area (Å²) in [4.78, 5) is 16.1. The summed E-state index contributed by atoms with van der Waals surface area (Å²) in [6.07, 6.45) is 7.01. The zero-order valence-corrected chi connectivity index (χ0v) is 16.2. The number of aliphatic hydroxyl groups excluding tert-OH is 1. The Hall–Kier alpha value is -1.77. The molecule has 4 rings (SSSR count). The summed E-state index contributed by atoms with van der Waals surface area (Å²) in [5.74, 6) is 1.62. The van der Waals surface area contributed by atoms with E-state index in [-0.39, 0.29) is 12.0 Å². The number of imidazole rings is 1. The second-order valence-corrected chi connectivity index (χ2v) is 8.15. The highest BCUT2D eigenvalue weighted by molar-refractivity contribution is 5.83. The molecule has 1 saturated heterocycles. The van der Waals surface area contributed by atoms with Crippen LogP contribution in [-0.4, -0.2) is 70.7 Å². The van der Waals surface area contributed by atoms with E-state index in [0.29, 0.717) is 32.4 Å². The van der Waals surface area contributed by atoms with Gasteiger partial charge in [0, 0.05) is 26.2 Å². The van der Waals surface area contributed by atoms with Crippen LogP contribution >= 0.6 is 0 Å². The van der Waals surface area contributed by atoms with Crippen LogP contribution in [0.3, 0.4) is 0 Å². The topological polar surface area (TPSA) is 85.5 Å². The van der Waals surface area contributed by atoms with Crippen LogP contribution in [0.2, 0.25) is 0 Å².